The third-order valence-electron chi connectivity index (χ3n) is 5.88. The molecule has 1 N–H and O–H groups in total. The molecule has 3 aromatic carbocycles. The summed E-state index contributed by atoms with van der Waals surface area (Å²) >= 11 is 6.38. The Balaban J connectivity index is 1.44. The molecule has 0 aliphatic rings. The van der Waals surface area contributed by atoms with Crippen LogP contribution in [0.4, 0.5) is 0 Å². The molecule has 4 aromatic rings. The number of hydrogen-bond acceptors (Lipinski definition) is 6. The first kappa shape index (κ1) is 28.4. The normalized spacial score (nSPS) is 10.9. The first-order chi connectivity index (χ1) is 19.4. The molecule has 0 spiro atoms. The Hall–Kier alpha value is -4.56. The van der Waals surface area contributed by atoms with Gasteiger partial charge >= 0.3 is 5.97 Å². The van der Waals surface area contributed by atoms with Crippen LogP contribution in [-0.4, -0.2) is 42.5 Å². The Labute approximate surface area is 238 Å². The molecular formula is C31H30ClN3O5. The van der Waals surface area contributed by atoms with Crippen molar-refractivity contribution in [2.45, 2.75) is 20.8 Å². The van der Waals surface area contributed by atoms with Gasteiger partial charge in [0.2, 0.25) is 0 Å². The van der Waals surface area contributed by atoms with E-state index in [4.69, 9.17) is 25.8 Å². The van der Waals surface area contributed by atoms with E-state index >= 15 is 0 Å². The van der Waals surface area contributed by atoms with Crippen LogP contribution in [0, 0.1) is 6.92 Å². The van der Waals surface area contributed by atoms with Crippen LogP contribution in [0.15, 0.2) is 84.0 Å². The third-order valence-corrected chi connectivity index (χ3v) is 6.17. The minimum Gasteiger partial charge on any atom is -0.490 e. The number of rotatable bonds is 11. The van der Waals surface area contributed by atoms with Crippen LogP contribution in [0.2, 0.25) is 5.02 Å². The molecule has 1 aromatic heterocycles. The van der Waals surface area contributed by atoms with Gasteiger partial charge in [0.15, 0.2) is 18.1 Å². The fourth-order valence-electron chi connectivity index (χ4n) is 4.11. The Bertz CT molecular complexity index is 1500. The largest absolute Gasteiger partial charge is 0.490 e. The van der Waals surface area contributed by atoms with Gasteiger partial charge in [-0.15, -0.1) is 0 Å². The molecule has 8 nitrogen and oxygen atoms in total. The standard InChI is InChI=1S/C31H30ClN3O5/c1-4-38-28-18-22(17-26(32)30(28)40-20-29(36)39-5-2)19-33-34-31(37)24-12-14-25(15-13-24)35-21(3)11-16-27(35)23-9-7-6-8-10-23/h6-19H,4-5,20H2,1-3H3,(H,34,37)/b33-19+. The highest BCUT2D eigenvalue weighted by Crippen LogP contribution is 2.36. The zero-order valence-electron chi connectivity index (χ0n) is 22.5. The van der Waals surface area contributed by atoms with Gasteiger partial charge in [0.1, 0.15) is 0 Å². The van der Waals surface area contributed by atoms with Gasteiger partial charge in [-0.25, -0.2) is 10.2 Å². The first-order valence-corrected chi connectivity index (χ1v) is 13.2. The van der Waals surface area contributed by atoms with Gasteiger partial charge in [-0.2, -0.15) is 5.10 Å². The molecule has 0 aliphatic carbocycles. The summed E-state index contributed by atoms with van der Waals surface area (Å²) < 4.78 is 18.2. The SMILES string of the molecule is CCOC(=O)COc1c(Cl)cc(/C=N/NC(=O)c2ccc(-n3c(C)ccc3-c3ccccc3)cc2)cc1OCC. The molecule has 40 heavy (non-hydrogen) atoms. The van der Waals surface area contributed by atoms with Crippen LogP contribution < -0.4 is 14.9 Å². The summed E-state index contributed by atoms with van der Waals surface area (Å²) in [4.78, 5) is 24.4. The molecule has 206 valence electrons. The van der Waals surface area contributed by atoms with Crippen molar-refractivity contribution in [3.63, 3.8) is 0 Å². The maximum absolute atomic E-state index is 12.7. The number of aromatic nitrogens is 1. The van der Waals surface area contributed by atoms with E-state index in [1.54, 1.807) is 31.2 Å². The van der Waals surface area contributed by atoms with Crippen molar-refractivity contribution in [3.8, 4) is 28.4 Å². The summed E-state index contributed by atoms with van der Waals surface area (Å²) in [6.07, 6.45) is 1.45. The van der Waals surface area contributed by atoms with Crippen molar-refractivity contribution in [1.29, 1.82) is 0 Å². The number of benzene rings is 3. The van der Waals surface area contributed by atoms with Gasteiger partial charge in [0.05, 0.1) is 30.1 Å². The molecule has 0 saturated carbocycles. The van der Waals surface area contributed by atoms with Gasteiger partial charge in [-0.05, 0) is 80.4 Å². The molecule has 0 fully saturated rings. The Morgan fingerprint density at radius 3 is 2.40 bits per heavy atom. The number of halogens is 1. The predicted molar refractivity (Wildman–Crippen MR) is 156 cm³/mol. The van der Waals surface area contributed by atoms with Crippen LogP contribution in [0.5, 0.6) is 11.5 Å². The van der Waals surface area contributed by atoms with Crippen molar-refractivity contribution in [2.75, 3.05) is 19.8 Å². The topological polar surface area (TPSA) is 91.2 Å². The van der Waals surface area contributed by atoms with E-state index in [9.17, 15) is 9.59 Å². The van der Waals surface area contributed by atoms with Crippen molar-refractivity contribution in [3.05, 3.63) is 101 Å². The van der Waals surface area contributed by atoms with Crippen molar-refractivity contribution < 1.29 is 23.8 Å². The third kappa shape index (κ3) is 6.90. The summed E-state index contributed by atoms with van der Waals surface area (Å²) in [7, 11) is 0. The second-order valence-electron chi connectivity index (χ2n) is 8.66. The van der Waals surface area contributed by atoms with Crippen molar-refractivity contribution >= 4 is 29.7 Å². The Kier molecular flexibility index (Phi) is 9.59. The fraction of sp³-hybridized carbons (Fsp3) is 0.194. The number of carbonyl (C=O) groups is 2. The van der Waals surface area contributed by atoms with Gasteiger partial charge in [-0.3, -0.25) is 4.79 Å². The smallest absolute Gasteiger partial charge is 0.344 e. The zero-order chi connectivity index (χ0) is 28.5. The van der Waals surface area contributed by atoms with E-state index in [-0.39, 0.29) is 29.9 Å². The second kappa shape index (κ2) is 13.5. The number of aryl methyl sites for hydroxylation is 1. The number of esters is 1. The maximum Gasteiger partial charge on any atom is 0.344 e. The molecule has 0 atom stereocenters. The highest BCUT2D eigenvalue weighted by molar-refractivity contribution is 6.32. The molecule has 9 heteroatoms. The van der Waals surface area contributed by atoms with Gasteiger partial charge < -0.3 is 18.8 Å². The quantitative estimate of drug-likeness (QED) is 0.134. The molecule has 1 heterocycles. The van der Waals surface area contributed by atoms with Crippen LogP contribution in [0.1, 0.15) is 35.5 Å². The summed E-state index contributed by atoms with van der Waals surface area (Å²) in [5, 5.41) is 4.30. The molecular weight excluding hydrogens is 530 g/mol. The molecule has 4 rings (SSSR count). The first-order valence-electron chi connectivity index (χ1n) is 12.8. The maximum atomic E-state index is 12.7. The zero-order valence-corrected chi connectivity index (χ0v) is 23.3. The van der Waals surface area contributed by atoms with Crippen molar-refractivity contribution in [2.24, 2.45) is 5.10 Å². The number of hydrogen-bond donors (Lipinski definition) is 1. The van der Waals surface area contributed by atoms with Crippen LogP contribution in [-0.2, 0) is 9.53 Å². The number of ether oxygens (including phenoxy) is 3. The highest BCUT2D eigenvalue weighted by Gasteiger charge is 2.15. The van der Waals surface area contributed by atoms with Crippen LogP contribution >= 0.6 is 11.6 Å². The van der Waals surface area contributed by atoms with Gasteiger partial charge in [0.25, 0.3) is 5.91 Å². The number of hydrazone groups is 1. The van der Waals surface area contributed by atoms with E-state index < -0.39 is 5.97 Å². The van der Waals surface area contributed by atoms with Crippen LogP contribution in [0.3, 0.4) is 0 Å². The molecule has 0 radical (unpaired) electrons. The summed E-state index contributed by atoms with van der Waals surface area (Å²) in [6, 6.07) is 24.9. The minimum absolute atomic E-state index is 0.228. The van der Waals surface area contributed by atoms with E-state index in [0.717, 1.165) is 22.6 Å². The minimum atomic E-state index is -0.512. The van der Waals surface area contributed by atoms with Gasteiger partial charge in [0, 0.05) is 16.9 Å². The number of amides is 1. The summed E-state index contributed by atoms with van der Waals surface area (Å²) in [5.41, 5.74) is 7.79. The highest BCUT2D eigenvalue weighted by atomic mass is 35.5. The lowest BCUT2D eigenvalue weighted by atomic mass is 10.1. The average molecular weight is 560 g/mol. The van der Waals surface area contributed by atoms with E-state index in [1.807, 2.05) is 44.2 Å². The Morgan fingerprint density at radius 2 is 1.70 bits per heavy atom. The molecule has 0 aliphatic heterocycles. The second-order valence-corrected chi connectivity index (χ2v) is 9.07. The predicted octanol–water partition coefficient (Wildman–Crippen LogP) is 6.21. The summed E-state index contributed by atoms with van der Waals surface area (Å²) in [6.45, 7) is 5.88. The van der Waals surface area contributed by atoms with E-state index in [1.165, 1.54) is 6.21 Å². The average Bonchev–Trinajstić information content (AvgIpc) is 3.34. The molecule has 1 amide bonds. The fourth-order valence-corrected chi connectivity index (χ4v) is 4.38. The van der Waals surface area contributed by atoms with Gasteiger partial charge in [-0.1, -0.05) is 41.9 Å². The van der Waals surface area contributed by atoms with Crippen molar-refractivity contribution in [1.82, 2.24) is 9.99 Å². The lowest BCUT2D eigenvalue weighted by Gasteiger charge is -2.14. The number of nitrogens with one attached hydrogen (secondary N) is 1. The Morgan fingerprint density at radius 1 is 0.950 bits per heavy atom. The number of carbonyl (C=O) groups excluding carboxylic acids is 2. The number of nitrogens with zero attached hydrogens (tertiary/aromatic N) is 2. The lowest BCUT2D eigenvalue weighted by Crippen LogP contribution is -2.17. The van der Waals surface area contributed by atoms with Crippen LogP contribution in [0.25, 0.3) is 16.9 Å². The molecule has 0 saturated heterocycles. The monoisotopic (exact) mass is 559 g/mol. The molecule has 0 bridgehead atoms. The van der Waals surface area contributed by atoms with E-state index in [0.29, 0.717) is 23.5 Å². The summed E-state index contributed by atoms with van der Waals surface area (Å²) in [5.74, 6) is -0.299. The molecule has 0 unspecified atom stereocenters. The lowest BCUT2D eigenvalue weighted by molar-refractivity contribution is -0.145. The van der Waals surface area contributed by atoms with E-state index in [2.05, 4.69) is 39.4 Å².